The molecule has 136 valence electrons. The average molecular weight is 351 g/mol. The van der Waals surface area contributed by atoms with Crippen LogP contribution in [0.15, 0.2) is 18.2 Å². The summed E-state index contributed by atoms with van der Waals surface area (Å²) in [5.41, 5.74) is -0.160. The average Bonchev–Trinajstić information content (AvgIpc) is 3.10. The fourth-order valence-electron chi connectivity index (χ4n) is 3.59. The Morgan fingerprint density at radius 1 is 1.20 bits per heavy atom. The van der Waals surface area contributed by atoms with E-state index < -0.39 is 17.5 Å². The Hall–Kier alpha value is -2.02. The van der Waals surface area contributed by atoms with Gasteiger partial charge in [-0.05, 0) is 25.0 Å². The number of rotatable bonds is 5. The van der Waals surface area contributed by atoms with E-state index in [9.17, 15) is 18.4 Å². The van der Waals surface area contributed by atoms with Gasteiger partial charge in [0.1, 0.15) is 11.6 Å². The number of nitrogens with one attached hydrogen (secondary N) is 1. The summed E-state index contributed by atoms with van der Waals surface area (Å²) in [5, 5.41) is 2.38. The predicted molar refractivity (Wildman–Crippen MR) is 90.0 cm³/mol. The summed E-state index contributed by atoms with van der Waals surface area (Å²) in [5.74, 6) is -1.55. The summed E-state index contributed by atoms with van der Waals surface area (Å²) in [7, 11) is 0. The zero-order valence-corrected chi connectivity index (χ0v) is 14.1. The molecule has 1 aliphatic carbocycles. The first-order valence-corrected chi connectivity index (χ1v) is 8.79. The van der Waals surface area contributed by atoms with Crippen molar-refractivity contribution in [3.8, 4) is 0 Å². The van der Waals surface area contributed by atoms with Gasteiger partial charge >= 0.3 is 0 Å². The molecule has 0 bridgehead atoms. The van der Waals surface area contributed by atoms with Crippen LogP contribution >= 0.6 is 0 Å². The molecule has 2 amide bonds. The molecule has 3 rings (SSSR count). The van der Waals surface area contributed by atoms with Crippen LogP contribution in [0.25, 0.3) is 0 Å². The second kappa shape index (κ2) is 7.91. The van der Waals surface area contributed by atoms with Crippen LogP contribution in [-0.2, 0) is 9.59 Å². The molecule has 1 aromatic carbocycles. The quantitative estimate of drug-likeness (QED) is 0.886. The number of piperazine rings is 1. The molecule has 0 radical (unpaired) electrons. The highest BCUT2D eigenvalue weighted by Gasteiger charge is 2.31. The van der Waals surface area contributed by atoms with Crippen molar-refractivity contribution >= 4 is 17.5 Å². The maximum absolute atomic E-state index is 13.5. The van der Waals surface area contributed by atoms with E-state index in [2.05, 4.69) is 5.32 Å². The van der Waals surface area contributed by atoms with E-state index in [0.717, 1.165) is 37.6 Å². The Balaban J connectivity index is 1.45. The molecule has 5 nitrogen and oxygen atoms in total. The van der Waals surface area contributed by atoms with Crippen molar-refractivity contribution in [3.05, 3.63) is 29.8 Å². The van der Waals surface area contributed by atoms with Gasteiger partial charge in [-0.2, -0.15) is 0 Å². The minimum absolute atomic E-state index is 0.120. The van der Waals surface area contributed by atoms with Gasteiger partial charge in [-0.15, -0.1) is 0 Å². The molecule has 2 fully saturated rings. The first kappa shape index (κ1) is 17.8. The highest BCUT2D eigenvalue weighted by molar-refractivity contribution is 5.91. The molecule has 1 aliphatic heterocycles. The third-order valence-electron chi connectivity index (χ3n) is 4.96. The first-order chi connectivity index (χ1) is 12.0. The molecule has 0 spiro atoms. The van der Waals surface area contributed by atoms with Crippen LogP contribution in [0.5, 0.6) is 0 Å². The second-order valence-corrected chi connectivity index (χ2v) is 6.72. The van der Waals surface area contributed by atoms with E-state index in [1.807, 2.05) is 9.80 Å². The molecule has 1 heterocycles. The van der Waals surface area contributed by atoms with E-state index >= 15 is 0 Å². The molecule has 0 aromatic heterocycles. The number of carbonyl (C=O) groups excluding carboxylic acids is 2. The Bertz CT molecular complexity index is 647. The van der Waals surface area contributed by atoms with Crippen LogP contribution < -0.4 is 5.32 Å². The van der Waals surface area contributed by atoms with Crippen molar-refractivity contribution in [1.29, 1.82) is 0 Å². The molecule has 1 aromatic rings. The fourth-order valence-corrected chi connectivity index (χ4v) is 3.59. The maximum atomic E-state index is 13.5. The number of anilines is 1. The molecule has 1 saturated carbocycles. The molecule has 1 N–H and O–H groups in total. The van der Waals surface area contributed by atoms with Crippen molar-refractivity contribution in [2.45, 2.75) is 38.1 Å². The topological polar surface area (TPSA) is 52.7 Å². The van der Waals surface area contributed by atoms with Crippen molar-refractivity contribution < 1.29 is 18.4 Å². The van der Waals surface area contributed by atoms with Gasteiger partial charge in [0.15, 0.2) is 0 Å². The molecule has 25 heavy (non-hydrogen) atoms. The number of nitrogens with zero attached hydrogens (tertiary/aromatic N) is 2. The van der Waals surface area contributed by atoms with Crippen molar-refractivity contribution in [2.24, 2.45) is 0 Å². The number of benzene rings is 1. The van der Waals surface area contributed by atoms with Gasteiger partial charge in [-0.3, -0.25) is 14.5 Å². The van der Waals surface area contributed by atoms with Gasteiger partial charge in [0, 0.05) is 38.2 Å². The molecular weight excluding hydrogens is 328 g/mol. The van der Waals surface area contributed by atoms with Gasteiger partial charge in [0.2, 0.25) is 11.8 Å². The molecular formula is C18H23F2N3O2. The summed E-state index contributed by atoms with van der Waals surface area (Å²) in [4.78, 5) is 28.2. The number of halogens is 2. The Morgan fingerprint density at radius 2 is 1.96 bits per heavy atom. The van der Waals surface area contributed by atoms with E-state index in [0.29, 0.717) is 25.7 Å². The Morgan fingerprint density at radius 3 is 2.68 bits per heavy atom. The highest BCUT2D eigenvalue weighted by atomic mass is 19.1. The Labute approximate surface area is 146 Å². The lowest BCUT2D eigenvalue weighted by Crippen LogP contribution is -2.53. The smallest absolute Gasteiger partial charge is 0.237 e. The minimum Gasteiger partial charge on any atom is -0.337 e. The molecule has 0 atom stereocenters. The number of hydrogen-bond acceptors (Lipinski definition) is 3. The Kier molecular flexibility index (Phi) is 5.63. The lowest BCUT2D eigenvalue weighted by atomic mass is 10.1. The van der Waals surface area contributed by atoms with E-state index in [1.54, 1.807) is 0 Å². The standard InChI is InChI=1S/C18H23F2N3O2/c19-13-5-6-15(20)16(11-13)21-17(24)7-8-22-9-10-23(18(25)12-22)14-3-1-2-4-14/h5-6,11,14H,1-4,7-10,12H2,(H,21,24). The van der Waals surface area contributed by atoms with Gasteiger partial charge < -0.3 is 10.2 Å². The van der Waals surface area contributed by atoms with E-state index in [1.165, 1.54) is 12.8 Å². The van der Waals surface area contributed by atoms with E-state index in [-0.39, 0.29) is 18.0 Å². The maximum Gasteiger partial charge on any atom is 0.237 e. The summed E-state index contributed by atoms with van der Waals surface area (Å²) in [6, 6.07) is 3.32. The lowest BCUT2D eigenvalue weighted by Gasteiger charge is -2.37. The van der Waals surface area contributed by atoms with Crippen LogP contribution in [0.3, 0.4) is 0 Å². The summed E-state index contributed by atoms with van der Waals surface area (Å²) in [6.07, 6.45) is 4.69. The van der Waals surface area contributed by atoms with Gasteiger partial charge in [0.05, 0.1) is 12.2 Å². The van der Waals surface area contributed by atoms with Crippen LogP contribution in [0.1, 0.15) is 32.1 Å². The SMILES string of the molecule is O=C(CCN1CCN(C2CCCC2)C(=O)C1)Nc1cc(F)ccc1F. The van der Waals surface area contributed by atoms with Gasteiger partial charge in [0.25, 0.3) is 0 Å². The third-order valence-corrected chi connectivity index (χ3v) is 4.96. The zero-order chi connectivity index (χ0) is 17.8. The van der Waals surface area contributed by atoms with Gasteiger partial charge in [-0.1, -0.05) is 12.8 Å². The third kappa shape index (κ3) is 4.54. The lowest BCUT2D eigenvalue weighted by molar-refractivity contribution is -0.139. The van der Waals surface area contributed by atoms with Crippen LogP contribution in [0.4, 0.5) is 14.5 Å². The highest BCUT2D eigenvalue weighted by Crippen LogP contribution is 2.24. The van der Waals surface area contributed by atoms with Gasteiger partial charge in [-0.25, -0.2) is 8.78 Å². The molecule has 0 unspecified atom stereocenters. The minimum atomic E-state index is -0.671. The van der Waals surface area contributed by atoms with E-state index in [4.69, 9.17) is 0 Å². The van der Waals surface area contributed by atoms with Crippen molar-refractivity contribution in [2.75, 3.05) is 31.5 Å². The number of hydrogen-bond donors (Lipinski definition) is 1. The molecule has 7 heteroatoms. The monoisotopic (exact) mass is 351 g/mol. The molecule has 1 saturated heterocycles. The largest absolute Gasteiger partial charge is 0.337 e. The normalized spacial score (nSPS) is 19.4. The number of amides is 2. The van der Waals surface area contributed by atoms with Crippen molar-refractivity contribution in [1.82, 2.24) is 9.80 Å². The number of carbonyl (C=O) groups is 2. The van der Waals surface area contributed by atoms with Crippen LogP contribution in [0.2, 0.25) is 0 Å². The predicted octanol–water partition coefficient (Wildman–Crippen LogP) is 2.38. The van der Waals surface area contributed by atoms with Crippen LogP contribution in [-0.4, -0.2) is 53.8 Å². The molecule has 2 aliphatic rings. The first-order valence-electron chi connectivity index (χ1n) is 8.79. The van der Waals surface area contributed by atoms with Crippen molar-refractivity contribution in [3.63, 3.8) is 0 Å². The zero-order valence-electron chi connectivity index (χ0n) is 14.1. The van der Waals surface area contributed by atoms with Crippen LogP contribution in [0, 0.1) is 11.6 Å². The second-order valence-electron chi connectivity index (χ2n) is 6.72. The fraction of sp³-hybridized carbons (Fsp3) is 0.556. The summed E-state index contributed by atoms with van der Waals surface area (Å²) < 4.78 is 26.6. The summed E-state index contributed by atoms with van der Waals surface area (Å²) in [6.45, 7) is 2.18. The summed E-state index contributed by atoms with van der Waals surface area (Å²) >= 11 is 0.